The number of benzene rings is 3. The molecule has 0 aliphatic heterocycles. The molecular weight excluding hydrogens is 417 g/mol. The smallest absolute Gasteiger partial charge is 0.406 e. The summed E-state index contributed by atoms with van der Waals surface area (Å²) in [4.78, 5) is 18.5. The summed E-state index contributed by atoms with van der Waals surface area (Å²) >= 11 is 0. The molecule has 0 saturated heterocycles. The van der Waals surface area contributed by atoms with Crippen LogP contribution in [0.2, 0.25) is 0 Å². The minimum Gasteiger partial charge on any atom is -0.450 e. The zero-order valence-electron chi connectivity index (χ0n) is 18.4. The highest BCUT2D eigenvalue weighted by Crippen LogP contribution is 2.45. The van der Waals surface area contributed by atoms with Gasteiger partial charge in [-0.1, -0.05) is 91.0 Å². The fourth-order valence-electron chi connectivity index (χ4n) is 4.34. The van der Waals surface area contributed by atoms with E-state index >= 15 is 0 Å². The monoisotopic (exact) mass is 443 g/mol. The molecule has 1 aromatic heterocycles. The minimum atomic E-state index is -0.807. The third-order valence-electron chi connectivity index (χ3n) is 5.74. The second kappa shape index (κ2) is 10.1. The van der Waals surface area contributed by atoms with Crippen molar-refractivity contribution in [1.82, 2.24) is 15.3 Å². The van der Waals surface area contributed by atoms with Crippen LogP contribution in [0.5, 0.6) is 0 Å². The fraction of sp³-hybridized carbons (Fsp3) is 0.185. The second-order valence-corrected chi connectivity index (χ2v) is 7.69. The van der Waals surface area contributed by atoms with Crippen LogP contribution in [0.3, 0.4) is 0 Å². The number of nitrogens with one attached hydrogen (secondary N) is 2. The number of nitrogens with zero attached hydrogens (tertiary/aromatic N) is 1. The van der Waals surface area contributed by atoms with Gasteiger partial charge in [0.25, 0.3) is 6.08 Å². The maximum absolute atomic E-state index is 14.7. The molecule has 5 nitrogen and oxygen atoms in total. The molecule has 0 radical (unpaired) electrons. The molecule has 0 bridgehead atoms. The number of aryl methyl sites for hydroxylation is 1. The van der Waals surface area contributed by atoms with Crippen molar-refractivity contribution < 1.29 is 13.9 Å². The third-order valence-corrected chi connectivity index (χ3v) is 5.74. The first kappa shape index (κ1) is 22.3. The molecule has 1 amide bonds. The lowest BCUT2D eigenvalue weighted by Gasteiger charge is -2.36. The molecule has 0 aliphatic rings. The Morgan fingerprint density at radius 2 is 1.39 bits per heavy atom. The van der Waals surface area contributed by atoms with Crippen LogP contribution in [-0.2, 0) is 16.6 Å². The number of hydrogen-bond acceptors (Lipinski definition) is 3. The summed E-state index contributed by atoms with van der Waals surface area (Å²) in [6.45, 7) is 0.211. The van der Waals surface area contributed by atoms with Crippen molar-refractivity contribution in [2.75, 3.05) is 13.7 Å². The highest BCUT2D eigenvalue weighted by atomic mass is 19.1. The molecule has 168 valence electrons. The van der Waals surface area contributed by atoms with E-state index in [4.69, 9.17) is 4.74 Å². The van der Waals surface area contributed by atoms with Crippen molar-refractivity contribution in [3.63, 3.8) is 0 Å². The second-order valence-electron chi connectivity index (χ2n) is 7.69. The first-order valence-electron chi connectivity index (χ1n) is 10.9. The van der Waals surface area contributed by atoms with Gasteiger partial charge in [-0.2, -0.15) is 4.39 Å². The van der Waals surface area contributed by atoms with Gasteiger partial charge in [0.1, 0.15) is 0 Å². The number of alkyl carbamates (subject to hydrolysis) is 1. The van der Waals surface area contributed by atoms with E-state index in [9.17, 15) is 9.18 Å². The summed E-state index contributed by atoms with van der Waals surface area (Å²) in [5, 5.41) is 2.42. The largest absolute Gasteiger partial charge is 0.450 e. The van der Waals surface area contributed by atoms with Gasteiger partial charge >= 0.3 is 6.09 Å². The molecule has 33 heavy (non-hydrogen) atoms. The van der Waals surface area contributed by atoms with E-state index in [1.54, 1.807) is 0 Å². The lowest BCUT2D eigenvalue weighted by molar-refractivity contribution is 0.147. The van der Waals surface area contributed by atoms with E-state index in [1.165, 1.54) is 7.05 Å². The number of carbonyl (C=O) groups excluding carboxylic acids is 1. The highest BCUT2D eigenvalue weighted by molar-refractivity contribution is 5.66. The quantitative estimate of drug-likeness (QED) is 0.290. The molecule has 4 rings (SSSR count). The molecular formula is C27H26FN3O2. The third kappa shape index (κ3) is 4.51. The lowest BCUT2D eigenvalue weighted by atomic mass is 9.66. The zero-order chi connectivity index (χ0) is 23.1. The summed E-state index contributed by atoms with van der Waals surface area (Å²) in [6, 6.07) is 30.1. The van der Waals surface area contributed by atoms with E-state index in [1.807, 2.05) is 54.6 Å². The number of aromatic amines is 1. The number of carbonyl (C=O) groups is 1. The normalized spacial score (nSPS) is 11.2. The molecule has 3 aromatic carbocycles. The Morgan fingerprint density at radius 3 is 1.85 bits per heavy atom. The van der Waals surface area contributed by atoms with Crippen LogP contribution in [0.15, 0.2) is 91.0 Å². The lowest BCUT2D eigenvalue weighted by Crippen LogP contribution is -2.32. The Hall–Kier alpha value is -3.93. The van der Waals surface area contributed by atoms with Crippen molar-refractivity contribution in [2.45, 2.75) is 18.3 Å². The maximum atomic E-state index is 14.7. The van der Waals surface area contributed by atoms with Gasteiger partial charge < -0.3 is 15.0 Å². The summed E-state index contributed by atoms with van der Waals surface area (Å²) in [7, 11) is 1.51. The summed E-state index contributed by atoms with van der Waals surface area (Å²) < 4.78 is 19.8. The van der Waals surface area contributed by atoms with Gasteiger partial charge in [0, 0.05) is 7.05 Å². The molecule has 0 saturated carbocycles. The van der Waals surface area contributed by atoms with Crippen LogP contribution in [-0.4, -0.2) is 29.7 Å². The number of rotatable bonds is 8. The van der Waals surface area contributed by atoms with E-state index < -0.39 is 17.6 Å². The van der Waals surface area contributed by atoms with Gasteiger partial charge in [-0.15, -0.1) is 0 Å². The number of H-pyrrole nitrogens is 1. The van der Waals surface area contributed by atoms with Gasteiger partial charge in [0.15, 0.2) is 0 Å². The minimum absolute atomic E-state index is 0.211. The van der Waals surface area contributed by atoms with Crippen molar-refractivity contribution in [1.29, 1.82) is 0 Å². The molecule has 0 spiro atoms. The topological polar surface area (TPSA) is 67.0 Å². The van der Waals surface area contributed by atoms with E-state index in [-0.39, 0.29) is 6.61 Å². The molecule has 6 heteroatoms. The van der Waals surface area contributed by atoms with Gasteiger partial charge in [-0.25, -0.2) is 9.78 Å². The Kier molecular flexibility index (Phi) is 6.83. The number of amides is 1. The molecule has 2 N–H and O–H groups in total. The number of aromatic nitrogens is 2. The van der Waals surface area contributed by atoms with Crippen LogP contribution in [0.25, 0.3) is 0 Å². The number of imidazole rings is 1. The fourth-order valence-corrected chi connectivity index (χ4v) is 4.34. The Bertz CT molecular complexity index is 1080. The van der Waals surface area contributed by atoms with E-state index in [0.717, 1.165) is 16.7 Å². The van der Waals surface area contributed by atoms with Gasteiger partial charge in [0.05, 0.1) is 23.4 Å². The van der Waals surface area contributed by atoms with Crippen LogP contribution in [0, 0.1) is 6.08 Å². The average Bonchev–Trinajstić information content (AvgIpc) is 3.24. The number of halogens is 1. The van der Waals surface area contributed by atoms with Gasteiger partial charge in [0.2, 0.25) is 0 Å². The van der Waals surface area contributed by atoms with Crippen molar-refractivity contribution in [3.8, 4) is 0 Å². The van der Waals surface area contributed by atoms with Gasteiger partial charge in [-0.3, -0.25) is 0 Å². The summed E-state index contributed by atoms with van der Waals surface area (Å²) in [6.07, 6.45) is -0.171. The first-order valence-corrected chi connectivity index (χ1v) is 10.9. The van der Waals surface area contributed by atoms with Crippen LogP contribution in [0.4, 0.5) is 9.18 Å². The van der Waals surface area contributed by atoms with E-state index in [2.05, 4.69) is 51.7 Å². The average molecular weight is 444 g/mol. The number of hydrogen-bond donors (Lipinski definition) is 2. The SMILES string of the molecule is CNC(=O)OCCCc1nc(F)[nH]c1C(c1ccccc1)(c1ccccc1)c1ccccc1. The molecule has 0 atom stereocenters. The van der Waals surface area contributed by atoms with Crippen molar-refractivity contribution >= 4 is 6.09 Å². The van der Waals surface area contributed by atoms with Gasteiger partial charge in [-0.05, 0) is 29.5 Å². The van der Waals surface area contributed by atoms with Crippen LogP contribution >= 0.6 is 0 Å². The van der Waals surface area contributed by atoms with E-state index in [0.29, 0.717) is 24.2 Å². The van der Waals surface area contributed by atoms with Crippen molar-refractivity contribution in [3.05, 3.63) is 125 Å². The Morgan fingerprint density at radius 1 is 0.909 bits per heavy atom. The summed E-state index contributed by atoms with van der Waals surface area (Å²) in [5.41, 5.74) is 3.45. The van der Waals surface area contributed by atoms with Crippen LogP contribution < -0.4 is 5.32 Å². The molecule has 1 heterocycles. The Labute approximate surface area is 192 Å². The first-order chi connectivity index (χ1) is 16.2. The number of ether oxygens (including phenoxy) is 1. The standard InChI is InChI=1S/C27H26FN3O2/c1-29-26(32)33-19-11-18-23-24(31-25(28)30-23)27(20-12-5-2-6-13-20,21-14-7-3-8-15-21)22-16-9-4-10-17-22/h2-10,12-17H,11,18-19H2,1H3,(H,29,32)(H,30,31). The maximum Gasteiger partial charge on any atom is 0.406 e. The predicted molar refractivity (Wildman–Crippen MR) is 126 cm³/mol. The van der Waals surface area contributed by atoms with Crippen molar-refractivity contribution in [2.24, 2.45) is 0 Å². The van der Waals surface area contributed by atoms with Crippen LogP contribution in [0.1, 0.15) is 34.5 Å². The Balaban J connectivity index is 1.89. The molecule has 0 unspecified atom stereocenters. The highest BCUT2D eigenvalue weighted by Gasteiger charge is 2.41. The molecule has 0 aliphatic carbocycles. The molecule has 4 aromatic rings. The molecule has 0 fully saturated rings. The summed E-state index contributed by atoms with van der Waals surface area (Å²) in [5.74, 6) is 0. The zero-order valence-corrected chi connectivity index (χ0v) is 18.4. The predicted octanol–water partition coefficient (Wildman–Crippen LogP) is 5.22.